The van der Waals surface area contributed by atoms with Crippen LogP contribution in [0.5, 0.6) is 5.75 Å². The van der Waals surface area contributed by atoms with Gasteiger partial charge in [0.15, 0.2) is 0 Å². The van der Waals surface area contributed by atoms with Crippen molar-refractivity contribution < 1.29 is 4.74 Å². The minimum atomic E-state index is -0.0719. The van der Waals surface area contributed by atoms with E-state index in [1.165, 1.54) is 6.07 Å². The Labute approximate surface area is 128 Å². The number of nitrogens with two attached hydrogens (primary N) is 1. The van der Waals surface area contributed by atoms with E-state index in [9.17, 15) is 4.79 Å². The first-order valence-electron chi connectivity index (χ1n) is 6.44. The van der Waals surface area contributed by atoms with E-state index in [2.05, 4.69) is 4.98 Å². The lowest BCUT2D eigenvalue weighted by atomic mass is 10.1. The van der Waals surface area contributed by atoms with Crippen molar-refractivity contribution in [3.05, 3.63) is 57.3 Å². The van der Waals surface area contributed by atoms with Gasteiger partial charge in [-0.1, -0.05) is 18.3 Å². The van der Waals surface area contributed by atoms with Gasteiger partial charge in [-0.3, -0.25) is 9.36 Å². The van der Waals surface area contributed by atoms with Crippen LogP contribution in [0.15, 0.2) is 29.1 Å². The van der Waals surface area contributed by atoms with Crippen LogP contribution in [-0.4, -0.2) is 21.6 Å². The molecule has 1 heterocycles. The van der Waals surface area contributed by atoms with E-state index in [0.717, 1.165) is 11.3 Å². The van der Waals surface area contributed by atoms with Gasteiger partial charge in [0.1, 0.15) is 16.6 Å². The summed E-state index contributed by atoms with van der Waals surface area (Å²) in [7, 11) is 1.56. The lowest BCUT2D eigenvalue weighted by Crippen LogP contribution is -2.24. The summed E-state index contributed by atoms with van der Waals surface area (Å²) in [6, 6.07) is 7.04. The van der Waals surface area contributed by atoms with Gasteiger partial charge < -0.3 is 10.5 Å². The van der Waals surface area contributed by atoms with Crippen LogP contribution in [0.4, 0.5) is 0 Å². The number of ether oxygens (including phenoxy) is 1. The van der Waals surface area contributed by atoms with Gasteiger partial charge in [0.05, 0.1) is 19.2 Å². The molecule has 2 aromatic rings. The van der Waals surface area contributed by atoms with E-state index in [0.29, 0.717) is 23.7 Å². The van der Waals surface area contributed by atoms with E-state index in [1.807, 2.05) is 19.1 Å². The Morgan fingerprint density at radius 3 is 2.67 bits per heavy atom. The smallest absolute Gasteiger partial charge is 0.254 e. The molecule has 6 heteroatoms. The van der Waals surface area contributed by atoms with Crippen molar-refractivity contribution in [2.75, 3.05) is 7.11 Å². The number of hydrogen-bond acceptors (Lipinski definition) is 4. The number of methoxy groups -OCH3 is 1. The molecule has 0 aliphatic rings. The zero-order valence-electron chi connectivity index (χ0n) is 12.2. The molecule has 0 spiro atoms. The van der Waals surface area contributed by atoms with Crippen molar-refractivity contribution in [2.45, 2.75) is 20.4 Å². The molecule has 0 bridgehead atoms. The summed E-state index contributed by atoms with van der Waals surface area (Å²) in [4.78, 5) is 16.6. The fourth-order valence-electron chi connectivity index (χ4n) is 2.18. The summed E-state index contributed by atoms with van der Waals surface area (Å²) in [5.41, 5.74) is 7.89. The monoisotopic (exact) mass is 303 g/mol. The summed E-state index contributed by atoms with van der Waals surface area (Å²) < 4.78 is 6.91. The molecular weight excluding hydrogens is 286 g/mol. The molecule has 0 aliphatic heterocycles. The molecule has 110 valence electrons. The predicted octanol–water partition coefficient (Wildman–Crippen LogP) is 1.55. The van der Waals surface area contributed by atoms with Gasteiger partial charge in [-0.05, 0) is 31.5 Å². The molecule has 5 nitrogen and oxygen atoms in total. The van der Waals surface area contributed by atoms with Gasteiger partial charge in [0, 0.05) is 11.8 Å². The first kappa shape index (κ1) is 15.2. The van der Waals surface area contributed by atoms with Crippen LogP contribution in [0.25, 0.3) is 0 Å². The first-order valence-corrected chi connectivity index (χ1v) is 6.85. The van der Waals surface area contributed by atoms with Crippen molar-refractivity contribution in [3.63, 3.8) is 0 Å². The summed E-state index contributed by atoms with van der Waals surface area (Å²) in [5, 5.41) is 0. The zero-order chi connectivity index (χ0) is 15.6. The quantitative estimate of drug-likeness (QED) is 0.868. The number of benzene rings is 1. The van der Waals surface area contributed by atoms with Crippen molar-refractivity contribution >= 4 is 17.2 Å². The molecule has 1 aromatic carbocycles. The van der Waals surface area contributed by atoms with Crippen LogP contribution in [0.1, 0.15) is 22.6 Å². The summed E-state index contributed by atoms with van der Waals surface area (Å²) in [6.07, 6.45) is 0. The highest BCUT2D eigenvalue weighted by Crippen LogP contribution is 2.20. The highest BCUT2D eigenvalue weighted by atomic mass is 32.1. The van der Waals surface area contributed by atoms with Crippen molar-refractivity contribution in [2.24, 2.45) is 5.73 Å². The van der Waals surface area contributed by atoms with E-state index < -0.39 is 0 Å². The van der Waals surface area contributed by atoms with Crippen molar-refractivity contribution in [3.8, 4) is 5.75 Å². The average molecular weight is 303 g/mol. The topological polar surface area (TPSA) is 70.1 Å². The number of nitrogens with zero attached hydrogens (tertiary/aromatic N) is 2. The number of hydrogen-bond donors (Lipinski definition) is 1. The minimum absolute atomic E-state index is 0.0719. The van der Waals surface area contributed by atoms with Crippen molar-refractivity contribution in [1.29, 1.82) is 0 Å². The normalized spacial score (nSPS) is 10.4. The molecule has 0 radical (unpaired) electrons. The molecule has 2 rings (SSSR count). The fraction of sp³-hybridized carbons (Fsp3) is 0.267. The Bertz CT molecular complexity index is 753. The molecule has 0 amide bonds. The molecule has 2 N–H and O–H groups in total. The van der Waals surface area contributed by atoms with Gasteiger partial charge in [0.2, 0.25) is 0 Å². The number of aromatic nitrogens is 2. The molecule has 0 saturated carbocycles. The second-order valence-electron chi connectivity index (χ2n) is 4.77. The van der Waals surface area contributed by atoms with Crippen LogP contribution in [0.2, 0.25) is 0 Å². The van der Waals surface area contributed by atoms with Crippen LogP contribution in [0.3, 0.4) is 0 Å². The number of rotatable bonds is 4. The molecule has 0 unspecified atom stereocenters. The van der Waals surface area contributed by atoms with E-state index in [-0.39, 0.29) is 10.5 Å². The largest absolute Gasteiger partial charge is 0.496 e. The molecule has 0 saturated heterocycles. The summed E-state index contributed by atoms with van der Waals surface area (Å²) in [6.45, 7) is 4.04. The Balaban J connectivity index is 2.41. The number of thiocarbonyl (C=S) groups is 1. The van der Waals surface area contributed by atoms with Gasteiger partial charge in [0.25, 0.3) is 5.56 Å². The van der Waals surface area contributed by atoms with Crippen LogP contribution < -0.4 is 16.0 Å². The van der Waals surface area contributed by atoms with Gasteiger partial charge in [-0.2, -0.15) is 0 Å². The molecule has 21 heavy (non-hydrogen) atoms. The number of aryl methyl sites for hydroxylation is 2. The Morgan fingerprint density at radius 1 is 1.38 bits per heavy atom. The molecular formula is C15H17N3O2S. The highest BCUT2D eigenvalue weighted by molar-refractivity contribution is 7.80. The third kappa shape index (κ3) is 3.28. The second-order valence-corrected chi connectivity index (χ2v) is 5.21. The Kier molecular flexibility index (Phi) is 4.37. The maximum Gasteiger partial charge on any atom is 0.254 e. The molecule has 1 aromatic heterocycles. The van der Waals surface area contributed by atoms with E-state index in [4.69, 9.17) is 22.7 Å². The maximum atomic E-state index is 12.0. The minimum Gasteiger partial charge on any atom is -0.496 e. The van der Waals surface area contributed by atoms with Crippen molar-refractivity contribution in [1.82, 2.24) is 9.55 Å². The Morgan fingerprint density at radius 2 is 2.10 bits per heavy atom. The van der Waals surface area contributed by atoms with Crippen LogP contribution >= 0.6 is 12.2 Å². The second kappa shape index (κ2) is 6.05. The third-order valence-corrected chi connectivity index (χ3v) is 3.42. The lowest BCUT2D eigenvalue weighted by molar-refractivity contribution is 0.413. The van der Waals surface area contributed by atoms with Crippen LogP contribution in [0, 0.1) is 13.8 Å². The van der Waals surface area contributed by atoms with E-state index in [1.54, 1.807) is 24.7 Å². The van der Waals surface area contributed by atoms with E-state index >= 15 is 0 Å². The summed E-state index contributed by atoms with van der Waals surface area (Å²) in [5.74, 6) is 1.28. The lowest BCUT2D eigenvalue weighted by Gasteiger charge is -2.12. The highest BCUT2D eigenvalue weighted by Gasteiger charge is 2.09. The fourth-order valence-corrected chi connectivity index (χ4v) is 2.35. The SMILES string of the molecule is COc1cc(Cn2c(C)nc(C)cc2=O)ccc1C(N)=S. The van der Waals surface area contributed by atoms with Crippen LogP contribution in [-0.2, 0) is 6.54 Å². The van der Waals surface area contributed by atoms with Gasteiger partial charge in [-0.15, -0.1) is 0 Å². The molecule has 0 atom stereocenters. The third-order valence-electron chi connectivity index (χ3n) is 3.20. The van der Waals surface area contributed by atoms with Gasteiger partial charge in [-0.25, -0.2) is 4.98 Å². The average Bonchev–Trinajstić information content (AvgIpc) is 2.42. The zero-order valence-corrected chi connectivity index (χ0v) is 13.0. The first-order chi connectivity index (χ1) is 9.92. The molecule has 0 fully saturated rings. The standard InChI is InChI=1S/C15H17N3O2S/c1-9-6-14(19)18(10(2)17-9)8-11-4-5-12(15(16)21)13(7-11)20-3/h4-7H,8H2,1-3H3,(H2,16,21). The maximum absolute atomic E-state index is 12.0. The Hall–Kier alpha value is -2.21. The van der Waals surface area contributed by atoms with Gasteiger partial charge >= 0.3 is 0 Å². The predicted molar refractivity (Wildman–Crippen MR) is 86.0 cm³/mol. The summed E-state index contributed by atoms with van der Waals surface area (Å²) >= 11 is 4.98. The molecule has 0 aliphatic carbocycles.